The lowest BCUT2D eigenvalue weighted by Gasteiger charge is -2.22. The third kappa shape index (κ3) is 4.05. The fraction of sp³-hybridized carbons (Fsp3) is 0.346. The van der Waals surface area contributed by atoms with Crippen molar-refractivity contribution < 1.29 is 13.9 Å². The lowest BCUT2D eigenvalue weighted by molar-refractivity contribution is 0.0594. The molecule has 4 aromatic rings. The number of ether oxygens (including phenoxy) is 1. The Morgan fingerprint density at radius 2 is 1.78 bits per heavy atom. The van der Waals surface area contributed by atoms with E-state index in [1.807, 2.05) is 30.3 Å². The second-order valence-electron chi connectivity index (χ2n) is 8.48. The molecule has 0 amide bonds. The second-order valence-corrected chi connectivity index (χ2v) is 8.48. The zero-order valence-corrected chi connectivity index (χ0v) is 18.3. The standard InChI is InChI=1S/C26H27N3O3/c1-31-26(30)22-17-32-25(28-22)20-13-11-19(12-14-20)24-27-21-9-5-6-10-23(21)29(24)16-15-18-7-3-2-4-8-18/h5-6,9-14,17-18H,2-4,7-8,15-16H2,1H3. The Kier molecular flexibility index (Phi) is 5.75. The molecule has 0 atom stereocenters. The molecule has 1 aliphatic rings. The third-order valence-electron chi connectivity index (χ3n) is 6.43. The zero-order valence-electron chi connectivity index (χ0n) is 18.3. The number of rotatable bonds is 6. The van der Waals surface area contributed by atoms with Crippen LogP contribution in [0.2, 0.25) is 0 Å². The Morgan fingerprint density at radius 3 is 2.56 bits per heavy atom. The maximum absolute atomic E-state index is 11.6. The van der Waals surface area contributed by atoms with Gasteiger partial charge in [-0.15, -0.1) is 0 Å². The van der Waals surface area contributed by atoms with Crippen molar-refractivity contribution in [1.29, 1.82) is 0 Å². The number of nitrogens with zero attached hydrogens (tertiary/aromatic N) is 3. The molecule has 6 nitrogen and oxygen atoms in total. The molecular weight excluding hydrogens is 402 g/mol. The summed E-state index contributed by atoms with van der Waals surface area (Å²) in [5.41, 5.74) is 4.21. The maximum Gasteiger partial charge on any atom is 0.360 e. The number of benzene rings is 2. The third-order valence-corrected chi connectivity index (χ3v) is 6.43. The Hall–Kier alpha value is -3.41. The minimum atomic E-state index is -0.511. The minimum Gasteiger partial charge on any atom is -0.464 e. The van der Waals surface area contributed by atoms with Crippen molar-refractivity contribution in [3.8, 4) is 22.8 Å². The average molecular weight is 430 g/mol. The molecule has 5 rings (SSSR count). The highest BCUT2D eigenvalue weighted by atomic mass is 16.5. The van der Waals surface area contributed by atoms with Crippen molar-refractivity contribution in [3.05, 3.63) is 60.5 Å². The molecule has 0 saturated heterocycles. The monoisotopic (exact) mass is 429 g/mol. The zero-order chi connectivity index (χ0) is 21.9. The van der Waals surface area contributed by atoms with Crippen LogP contribution in [-0.4, -0.2) is 27.6 Å². The highest BCUT2D eigenvalue weighted by Crippen LogP contribution is 2.31. The summed E-state index contributed by atoms with van der Waals surface area (Å²) in [6.07, 6.45) is 9.32. The van der Waals surface area contributed by atoms with Gasteiger partial charge < -0.3 is 13.7 Å². The number of methoxy groups -OCH3 is 1. The van der Waals surface area contributed by atoms with Crippen LogP contribution in [0.3, 0.4) is 0 Å². The first kappa shape index (κ1) is 20.5. The number of hydrogen-bond donors (Lipinski definition) is 0. The first-order valence-electron chi connectivity index (χ1n) is 11.3. The number of aromatic nitrogens is 3. The van der Waals surface area contributed by atoms with Crippen LogP contribution in [0.15, 0.2) is 59.2 Å². The Balaban J connectivity index is 1.43. The van der Waals surface area contributed by atoms with Gasteiger partial charge >= 0.3 is 5.97 Å². The number of carbonyl (C=O) groups excluding carboxylic acids is 1. The summed E-state index contributed by atoms with van der Waals surface area (Å²) in [6.45, 7) is 0.977. The topological polar surface area (TPSA) is 70.2 Å². The first-order chi connectivity index (χ1) is 15.7. The molecule has 6 heteroatoms. The van der Waals surface area contributed by atoms with E-state index in [1.165, 1.54) is 57.4 Å². The van der Waals surface area contributed by atoms with E-state index in [4.69, 9.17) is 14.1 Å². The van der Waals surface area contributed by atoms with Crippen LogP contribution < -0.4 is 0 Å². The van der Waals surface area contributed by atoms with Crippen molar-refractivity contribution in [3.63, 3.8) is 0 Å². The number of esters is 1. The Labute approximate surface area is 187 Å². The molecule has 32 heavy (non-hydrogen) atoms. The Morgan fingerprint density at radius 1 is 1.03 bits per heavy atom. The molecule has 1 aliphatic carbocycles. The van der Waals surface area contributed by atoms with E-state index in [1.54, 1.807) is 0 Å². The van der Waals surface area contributed by atoms with Crippen LogP contribution in [0.5, 0.6) is 0 Å². The van der Waals surface area contributed by atoms with Crippen molar-refractivity contribution >= 4 is 17.0 Å². The van der Waals surface area contributed by atoms with E-state index >= 15 is 0 Å². The molecule has 2 aromatic heterocycles. The van der Waals surface area contributed by atoms with E-state index < -0.39 is 5.97 Å². The molecule has 0 aliphatic heterocycles. The van der Waals surface area contributed by atoms with Gasteiger partial charge in [0.05, 0.1) is 18.1 Å². The highest BCUT2D eigenvalue weighted by Gasteiger charge is 2.18. The number of imidazole rings is 1. The van der Waals surface area contributed by atoms with Crippen molar-refractivity contribution in [2.24, 2.45) is 5.92 Å². The van der Waals surface area contributed by atoms with Gasteiger partial charge in [-0.25, -0.2) is 14.8 Å². The SMILES string of the molecule is COC(=O)c1coc(-c2ccc(-c3nc4ccccc4n3CCC3CCCCC3)cc2)n1. The van der Waals surface area contributed by atoms with Crippen molar-refractivity contribution in [1.82, 2.24) is 14.5 Å². The number of fused-ring (bicyclic) bond motifs is 1. The summed E-state index contributed by atoms with van der Waals surface area (Å²) < 4.78 is 12.5. The van der Waals surface area contributed by atoms with E-state index in [9.17, 15) is 4.79 Å². The van der Waals surface area contributed by atoms with Gasteiger partial charge in [-0.05, 0) is 36.6 Å². The van der Waals surface area contributed by atoms with Crippen LogP contribution in [0.4, 0.5) is 0 Å². The average Bonchev–Trinajstić information content (AvgIpc) is 3.48. The van der Waals surface area contributed by atoms with Gasteiger partial charge in [0.1, 0.15) is 12.1 Å². The maximum atomic E-state index is 11.6. The van der Waals surface area contributed by atoms with Gasteiger partial charge in [-0.3, -0.25) is 0 Å². The molecule has 0 bridgehead atoms. The van der Waals surface area contributed by atoms with Crippen LogP contribution in [0.1, 0.15) is 49.0 Å². The molecule has 0 N–H and O–H groups in total. The molecular formula is C26H27N3O3. The predicted molar refractivity (Wildman–Crippen MR) is 123 cm³/mol. The molecule has 164 valence electrons. The molecule has 1 saturated carbocycles. The molecule has 0 spiro atoms. The first-order valence-corrected chi connectivity index (χ1v) is 11.3. The highest BCUT2D eigenvalue weighted by molar-refractivity contribution is 5.87. The van der Waals surface area contributed by atoms with E-state index in [0.29, 0.717) is 5.89 Å². The normalized spacial score (nSPS) is 14.7. The summed E-state index contributed by atoms with van der Waals surface area (Å²) in [7, 11) is 1.33. The fourth-order valence-corrected chi connectivity index (χ4v) is 4.68. The van der Waals surface area contributed by atoms with Gasteiger partial charge in [0.25, 0.3) is 0 Å². The lowest BCUT2D eigenvalue weighted by atomic mass is 9.87. The molecule has 0 radical (unpaired) electrons. The van der Waals surface area contributed by atoms with E-state index in [-0.39, 0.29) is 5.69 Å². The summed E-state index contributed by atoms with van der Waals surface area (Å²) in [4.78, 5) is 20.8. The minimum absolute atomic E-state index is 0.163. The second kappa shape index (κ2) is 8.99. The van der Waals surface area contributed by atoms with Crippen molar-refractivity contribution in [2.75, 3.05) is 7.11 Å². The fourth-order valence-electron chi connectivity index (χ4n) is 4.68. The number of para-hydroxylation sites is 2. The molecule has 2 aromatic carbocycles. The van der Waals surface area contributed by atoms with Gasteiger partial charge in [-0.1, -0.05) is 56.4 Å². The van der Waals surface area contributed by atoms with Gasteiger partial charge in [0.15, 0.2) is 5.69 Å². The largest absolute Gasteiger partial charge is 0.464 e. The quantitative estimate of drug-likeness (QED) is 0.346. The van der Waals surface area contributed by atoms with Gasteiger partial charge in [0, 0.05) is 17.7 Å². The summed E-state index contributed by atoms with van der Waals surface area (Å²) in [6, 6.07) is 16.3. The van der Waals surface area contributed by atoms with Gasteiger partial charge in [-0.2, -0.15) is 0 Å². The van der Waals surface area contributed by atoms with Crippen LogP contribution in [0, 0.1) is 5.92 Å². The number of oxazole rings is 1. The number of hydrogen-bond acceptors (Lipinski definition) is 5. The summed E-state index contributed by atoms with van der Waals surface area (Å²) in [5, 5.41) is 0. The predicted octanol–water partition coefficient (Wildman–Crippen LogP) is 6.12. The number of aryl methyl sites for hydroxylation is 1. The van der Waals surface area contributed by atoms with Crippen LogP contribution >= 0.6 is 0 Å². The van der Waals surface area contributed by atoms with Gasteiger partial charge in [0.2, 0.25) is 5.89 Å². The summed E-state index contributed by atoms with van der Waals surface area (Å²) in [5.74, 6) is 1.68. The van der Waals surface area contributed by atoms with Crippen molar-refractivity contribution in [2.45, 2.75) is 45.1 Å². The summed E-state index contributed by atoms with van der Waals surface area (Å²) >= 11 is 0. The van der Waals surface area contributed by atoms with Crippen LogP contribution in [0.25, 0.3) is 33.9 Å². The van der Waals surface area contributed by atoms with E-state index in [0.717, 1.165) is 34.9 Å². The lowest BCUT2D eigenvalue weighted by Crippen LogP contribution is -2.10. The Bertz CT molecular complexity index is 1220. The molecule has 2 heterocycles. The smallest absolute Gasteiger partial charge is 0.360 e. The molecule has 0 unspecified atom stereocenters. The van der Waals surface area contributed by atoms with E-state index in [2.05, 4.69) is 27.8 Å². The molecule has 1 fully saturated rings. The number of carbonyl (C=O) groups is 1. The van der Waals surface area contributed by atoms with Crippen LogP contribution in [-0.2, 0) is 11.3 Å².